The zero-order chi connectivity index (χ0) is 12.3. The first-order chi connectivity index (χ1) is 8.26. The lowest BCUT2D eigenvalue weighted by molar-refractivity contribution is 0.670. The molecule has 0 spiro atoms. The van der Waals surface area contributed by atoms with Gasteiger partial charge >= 0.3 is 0 Å². The molecule has 1 aromatic heterocycles. The van der Waals surface area contributed by atoms with Crippen LogP contribution in [0.4, 0.5) is 0 Å². The summed E-state index contributed by atoms with van der Waals surface area (Å²) in [5.74, 6) is 0. The van der Waals surface area contributed by atoms with Gasteiger partial charge in [0.1, 0.15) is 0 Å². The number of nitrogens with two attached hydrogens (primary N) is 1. The molecule has 0 saturated carbocycles. The molecule has 1 unspecified atom stereocenters. The minimum Gasteiger partial charge on any atom is -0.323 e. The van der Waals surface area contributed by atoms with Gasteiger partial charge in [0.25, 0.3) is 0 Å². The van der Waals surface area contributed by atoms with Crippen molar-refractivity contribution >= 4 is 0 Å². The molecule has 0 bridgehead atoms. The van der Waals surface area contributed by atoms with Gasteiger partial charge in [-0.1, -0.05) is 37.3 Å². The van der Waals surface area contributed by atoms with Crippen LogP contribution in [0.2, 0.25) is 0 Å². The van der Waals surface area contributed by atoms with Crippen molar-refractivity contribution in [3.63, 3.8) is 0 Å². The zero-order valence-corrected chi connectivity index (χ0v) is 10.3. The molecule has 0 radical (unpaired) electrons. The monoisotopic (exact) mass is 230 g/mol. The van der Waals surface area contributed by atoms with Gasteiger partial charge in [0.2, 0.25) is 0 Å². The Balaban J connectivity index is 2.37. The average molecular weight is 230 g/mol. The third kappa shape index (κ3) is 2.36. The number of rotatable bonds is 4. The SMILES string of the molecule is CCc1ccccc1-n1cc(C(N)CC)nn1. The van der Waals surface area contributed by atoms with Crippen molar-refractivity contribution in [1.29, 1.82) is 0 Å². The van der Waals surface area contributed by atoms with Crippen molar-refractivity contribution in [2.24, 2.45) is 5.73 Å². The van der Waals surface area contributed by atoms with Crippen LogP contribution in [0.25, 0.3) is 5.69 Å². The van der Waals surface area contributed by atoms with Gasteiger partial charge in [0.05, 0.1) is 23.6 Å². The second kappa shape index (κ2) is 5.10. The van der Waals surface area contributed by atoms with Crippen LogP contribution in [-0.4, -0.2) is 15.0 Å². The summed E-state index contributed by atoms with van der Waals surface area (Å²) in [6, 6.07) is 8.18. The largest absolute Gasteiger partial charge is 0.323 e. The van der Waals surface area contributed by atoms with E-state index >= 15 is 0 Å². The molecular formula is C13H18N4. The Morgan fingerprint density at radius 2 is 2.06 bits per heavy atom. The van der Waals surface area contributed by atoms with E-state index in [0.29, 0.717) is 0 Å². The van der Waals surface area contributed by atoms with Crippen LogP contribution in [0, 0.1) is 0 Å². The first kappa shape index (κ1) is 11.8. The van der Waals surface area contributed by atoms with Gasteiger partial charge in [-0.3, -0.25) is 0 Å². The fourth-order valence-corrected chi connectivity index (χ4v) is 1.81. The average Bonchev–Trinajstić information content (AvgIpc) is 2.87. The number of para-hydroxylation sites is 1. The van der Waals surface area contributed by atoms with E-state index in [9.17, 15) is 0 Å². The van der Waals surface area contributed by atoms with Crippen LogP contribution in [0.1, 0.15) is 37.6 Å². The Labute approximate surface area is 101 Å². The fourth-order valence-electron chi connectivity index (χ4n) is 1.81. The Hall–Kier alpha value is -1.68. The van der Waals surface area contributed by atoms with E-state index in [2.05, 4.69) is 29.4 Å². The van der Waals surface area contributed by atoms with Crippen molar-refractivity contribution in [2.75, 3.05) is 0 Å². The number of aromatic nitrogens is 3. The maximum absolute atomic E-state index is 5.94. The number of hydrogen-bond donors (Lipinski definition) is 1. The number of benzene rings is 1. The molecule has 90 valence electrons. The molecule has 0 fully saturated rings. The number of nitrogens with zero attached hydrogens (tertiary/aromatic N) is 3. The minimum absolute atomic E-state index is 0.0301. The summed E-state index contributed by atoms with van der Waals surface area (Å²) in [6.07, 6.45) is 3.77. The predicted octanol–water partition coefficient (Wildman–Crippen LogP) is 2.24. The molecule has 4 heteroatoms. The molecule has 0 saturated heterocycles. The lowest BCUT2D eigenvalue weighted by Gasteiger charge is -2.06. The maximum Gasteiger partial charge on any atom is 0.0998 e. The summed E-state index contributed by atoms with van der Waals surface area (Å²) < 4.78 is 1.81. The van der Waals surface area contributed by atoms with E-state index in [1.807, 2.05) is 29.9 Å². The zero-order valence-electron chi connectivity index (χ0n) is 10.3. The second-order valence-corrected chi connectivity index (χ2v) is 4.08. The van der Waals surface area contributed by atoms with Crippen molar-refractivity contribution in [2.45, 2.75) is 32.7 Å². The van der Waals surface area contributed by atoms with Crippen LogP contribution in [0.5, 0.6) is 0 Å². The molecular weight excluding hydrogens is 212 g/mol. The van der Waals surface area contributed by atoms with E-state index in [1.54, 1.807) is 0 Å². The van der Waals surface area contributed by atoms with Crippen LogP contribution in [0.3, 0.4) is 0 Å². The predicted molar refractivity (Wildman–Crippen MR) is 68.0 cm³/mol. The molecule has 17 heavy (non-hydrogen) atoms. The molecule has 2 N–H and O–H groups in total. The van der Waals surface area contributed by atoms with E-state index in [0.717, 1.165) is 24.2 Å². The molecule has 0 aliphatic heterocycles. The van der Waals surface area contributed by atoms with Crippen molar-refractivity contribution < 1.29 is 0 Å². The molecule has 2 rings (SSSR count). The lowest BCUT2D eigenvalue weighted by Crippen LogP contribution is -2.08. The van der Waals surface area contributed by atoms with Crippen molar-refractivity contribution in [1.82, 2.24) is 15.0 Å². The molecule has 4 nitrogen and oxygen atoms in total. The fraction of sp³-hybridized carbons (Fsp3) is 0.385. The van der Waals surface area contributed by atoms with Crippen LogP contribution < -0.4 is 5.73 Å². The highest BCUT2D eigenvalue weighted by atomic mass is 15.4. The Morgan fingerprint density at radius 3 is 2.76 bits per heavy atom. The first-order valence-electron chi connectivity index (χ1n) is 6.02. The van der Waals surface area contributed by atoms with Gasteiger partial charge in [0, 0.05) is 0 Å². The Kier molecular flexibility index (Phi) is 3.54. The number of aryl methyl sites for hydroxylation is 1. The third-order valence-corrected chi connectivity index (χ3v) is 2.95. The van der Waals surface area contributed by atoms with E-state index in [1.165, 1.54) is 5.56 Å². The highest BCUT2D eigenvalue weighted by Crippen LogP contribution is 2.16. The molecule has 0 amide bonds. The van der Waals surface area contributed by atoms with Gasteiger partial charge in [-0.2, -0.15) is 0 Å². The maximum atomic E-state index is 5.94. The summed E-state index contributed by atoms with van der Waals surface area (Å²) in [6.45, 7) is 4.18. The normalized spacial score (nSPS) is 12.6. The summed E-state index contributed by atoms with van der Waals surface area (Å²) in [5.41, 5.74) is 9.13. The number of hydrogen-bond acceptors (Lipinski definition) is 3. The van der Waals surface area contributed by atoms with Gasteiger partial charge in [-0.05, 0) is 24.5 Å². The molecule has 1 aromatic carbocycles. The quantitative estimate of drug-likeness (QED) is 0.876. The summed E-state index contributed by atoms with van der Waals surface area (Å²) in [4.78, 5) is 0. The summed E-state index contributed by atoms with van der Waals surface area (Å²) in [5, 5.41) is 8.28. The van der Waals surface area contributed by atoms with Gasteiger partial charge in [0.15, 0.2) is 0 Å². The van der Waals surface area contributed by atoms with Crippen LogP contribution >= 0.6 is 0 Å². The van der Waals surface area contributed by atoms with Gasteiger partial charge < -0.3 is 5.73 Å². The molecule has 1 heterocycles. The van der Waals surface area contributed by atoms with E-state index < -0.39 is 0 Å². The lowest BCUT2D eigenvalue weighted by atomic mass is 10.1. The van der Waals surface area contributed by atoms with E-state index in [4.69, 9.17) is 5.73 Å². The molecule has 1 atom stereocenters. The van der Waals surface area contributed by atoms with Gasteiger partial charge in [-0.25, -0.2) is 4.68 Å². The first-order valence-corrected chi connectivity index (χ1v) is 6.02. The van der Waals surface area contributed by atoms with Crippen molar-refractivity contribution in [3.05, 3.63) is 41.7 Å². The summed E-state index contributed by atoms with van der Waals surface area (Å²) >= 11 is 0. The minimum atomic E-state index is -0.0301. The highest BCUT2D eigenvalue weighted by Gasteiger charge is 2.10. The summed E-state index contributed by atoms with van der Waals surface area (Å²) in [7, 11) is 0. The Bertz CT molecular complexity index is 490. The second-order valence-electron chi connectivity index (χ2n) is 4.08. The van der Waals surface area contributed by atoms with Gasteiger partial charge in [-0.15, -0.1) is 5.10 Å². The topological polar surface area (TPSA) is 56.7 Å². The highest BCUT2D eigenvalue weighted by molar-refractivity contribution is 5.40. The van der Waals surface area contributed by atoms with E-state index in [-0.39, 0.29) is 6.04 Å². The Morgan fingerprint density at radius 1 is 1.29 bits per heavy atom. The molecule has 2 aromatic rings. The smallest absolute Gasteiger partial charge is 0.0998 e. The van der Waals surface area contributed by atoms with Crippen LogP contribution in [-0.2, 0) is 6.42 Å². The molecule has 0 aliphatic rings. The third-order valence-electron chi connectivity index (χ3n) is 2.95. The van der Waals surface area contributed by atoms with Crippen LogP contribution in [0.15, 0.2) is 30.5 Å². The standard InChI is InChI=1S/C13H18N4/c1-3-10-7-5-6-8-13(10)17-9-12(15-16-17)11(14)4-2/h5-9,11H,3-4,14H2,1-2H3. The van der Waals surface area contributed by atoms with Crippen molar-refractivity contribution in [3.8, 4) is 5.69 Å². The molecule has 0 aliphatic carbocycles.